The van der Waals surface area contributed by atoms with Crippen LogP contribution in [0.3, 0.4) is 0 Å². The van der Waals surface area contributed by atoms with E-state index in [2.05, 4.69) is 27.9 Å². The van der Waals surface area contributed by atoms with Crippen LogP contribution in [0.25, 0.3) is 0 Å². The van der Waals surface area contributed by atoms with Crippen molar-refractivity contribution in [2.24, 2.45) is 0 Å². The summed E-state index contributed by atoms with van der Waals surface area (Å²) in [4.78, 5) is 21.5. The molecular formula is C16H21NO6. The Morgan fingerprint density at radius 2 is 1.91 bits per heavy atom. The van der Waals surface area contributed by atoms with E-state index in [1.807, 2.05) is 0 Å². The van der Waals surface area contributed by atoms with Gasteiger partial charge in [-0.2, -0.15) is 0 Å². The quantitative estimate of drug-likeness (QED) is 0.252. The zero-order valence-electron chi connectivity index (χ0n) is 13.3. The van der Waals surface area contributed by atoms with Crippen molar-refractivity contribution >= 4 is 17.6 Å². The van der Waals surface area contributed by atoms with E-state index in [4.69, 9.17) is 10.2 Å². The van der Waals surface area contributed by atoms with Crippen LogP contribution in [0.2, 0.25) is 0 Å². The molecule has 0 fully saturated rings. The van der Waals surface area contributed by atoms with Crippen molar-refractivity contribution in [2.45, 2.75) is 20.1 Å². The highest BCUT2D eigenvalue weighted by molar-refractivity contribution is 6.02. The van der Waals surface area contributed by atoms with E-state index in [0.29, 0.717) is 11.3 Å². The molecule has 1 amide bonds. The third-order valence-electron chi connectivity index (χ3n) is 2.40. The van der Waals surface area contributed by atoms with Crippen molar-refractivity contribution in [1.29, 1.82) is 0 Å². The minimum Gasteiger partial charge on any atom is -0.504 e. The molecule has 0 aliphatic heterocycles. The molecular weight excluding hydrogens is 302 g/mol. The van der Waals surface area contributed by atoms with Crippen molar-refractivity contribution in [3.63, 3.8) is 0 Å². The zero-order valence-corrected chi connectivity index (χ0v) is 13.3. The predicted octanol–water partition coefficient (Wildman–Crippen LogP) is 2.32. The van der Waals surface area contributed by atoms with Crippen LogP contribution in [0.1, 0.15) is 13.8 Å². The second kappa shape index (κ2) is 10.0. The van der Waals surface area contributed by atoms with Gasteiger partial charge in [-0.3, -0.25) is 4.79 Å². The van der Waals surface area contributed by atoms with E-state index >= 15 is 0 Å². The van der Waals surface area contributed by atoms with E-state index in [1.54, 1.807) is 13.8 Å². The van der Waals surface area contributed by atoms with Crippen LogP contribution in [0.5, 0.6) is 11.5 Å². The molecule has 0 bridgehead atoms. The van der Waals surface area contributed by atoms with Gasteiger partial charge >= 0.3 is 5.97 Å². The van der Waals surface area contributed by atoms with Crippen LogP contribution < -0.4 is 5.32 Å². The maximum absolute atomic E-state index is 11.2. The van der Waals surface area contributed by atoms with Crippen molar-refractivity contribution in [3.05, 3.63) is 43.0 Å². The molecule has 0 radical (unpaired) electrons. The average molecular weight is 323 g/mol. The highest BCUT2D eigenvalue weighted by Gasteiger charge is 2.05. The number of aromatic hydroxyl groups is 2. The number of nitrogens with one attached hydrogen (secondary N) is 1. The highest BCUT2D eigenvalue weighted by Crippen LogP contribution is 2.27. The number of anilines is 1. The molecule has 7 heteroatoms. The van der Waals surface area contributed by atoms with Crippen molar-refractivity contribution in [3.8, 4) is 11.5 Å². The lowest BCUT2D eigenvalue weighted by Gasteiger charge is -2.07. The predicted molar refractivity (Wildman–Crippen MR) is 86.0 cm³/mol. The van der Waals surface area contributed by atoms with Gasteiger partial charge in [0.1, 0.15) is 0 Å². The molecule has 3 N–H and O–H groups in total. The highest BCUT2D eigenvalue weighted by atomic mass is 16.7. The van der Waals surface area contributed by atoms with Crippen LogP contribution >= 0.6 is 0 Å². The van der Waals surface area contributed by atoms with Gasteiger partial charge in [0.05, 0.1) is 0 Å². The number of hydrogen-bond acceptors (Lipinski definition) is 6. The zero-order chi connectivity index (χ0) is 18.0. The summed E-state index contributed by atoms with van der Waals surface area (Å²) < 4.78 is 9.20. The molecule has 1 aromatic carbocycles. The van der Waals surface area contributed by atoms with Gasteiger partial charge in [-0.25, -0.2) is 4.79 Å². The third kappa shape index (κ3) is 8.27. The van der Waals surface area contributed by atoms with Crippen LogP contribution in [0.15, 0.2) is 43.0 Å². The number of esters is 1. The standard InChI is InChI=1S/C10H11NO3.C6H10O3/c1-6(2)10(14)11-7-3-4-8(12)9(13)5-7;1-4-6(7)9-5(2)8-3/h3-5,12-13H,1H2,2H3,(H,11,14);4-5H,1H2,2-3H3. The summed E-state index contributed by atoms with van der Waals surface area (Å²) >= 11 is 0. The fourth-order valence-corrected chi connectivity index (χ4v) is 1.10. The molecule has 0 heterocycles. The number of rotatable bonds is 5. The molecule has 23 heavy (non-hydrogen) atoms. The third-order valence-corrected chi connectivity index (χ3v) is 2.40. The largest absolute Gasteiger partial charge is 0.504 e. The van der Waals surface area contributed by atoms with Gasteiger partial charge in [-0.15, -0.1) is 0 Å². The molecule has 0 aliphatic carbocycles. The molecule has 0 spiro atoms. The number of phenolic OH excluding ortho intramolecular Hbond substituents is 2. The van der Waals surface area contributed by atoms with Crippen LogP contribution in [-0.2, 0) is 19.1 Å². The fourth-order valence-electron chi connectivity index (χ4n) is 1.10. The Morgan fingerprint density at radius 3 is 2.35 bits per heavy atom. The van der Waals surface area contributed by atoms with Crippen LogP contribution in [0, 0.1) is 0 Å². The molecule has 1 atom stereocenters. The first-order chi connectivity index (χ1) is 10.7. The second-order valence-corrected chi connectivity index (χ2v) is 4.38. The molecule has 1 unspecified atom stereocenters. The number of carbonyl (C=O) groups is 2. The summed E-state index contributed by atoms with van der Waals surface area (Å²) in [6.45, 7) is 9.89. The number of ether oxygens (including phenoxy) is 2. The maximum atomic E-state index is 11.2. The molecule has 126 valence electrons. The lowest BCUT2D eigenvalue weighted by molar-refractivity contribution is -0.163. The van der Waals surface area contributed by atoms with Crippen LogP contribution in [0.4, 0.5) is 5.69 Å². The van der Waals surface area contributed by atoms with Gasteiger partial charge in [-0.1, -0.05) is 13.2 Å². The first-order valence-electron chi connectivity index (χ1n) is 6.56. The van der Waals surface area contributed by atoms with Crippen molar-refractivity contribution in [2.75, 3.05) is 12.4 Å². The summed E-state index contributed by atoms with van der Waals surface area (Å²) in [6.07, 6.45) is 0.602. The minimum absolute atomic E-state index is 0.224. The van der Waals surface area contributed by atoms with Crippen molar-refractivity contribution in [1.82, 2.24) is 0 Å². The van der Waals surface area contributed by atoms with E-state index in [-0.39, 0.29) is 17.4 Å². The minimum atomic E-state index is -0.490. The first kappa shape index (κ1) is 20.2. The summed E-state index contributed by atoms with van der Waals surface area (Å²) in [6, 6.07) is 4.04. The summed E-state index contributed by atoms with van der Waals surface area (Å²) in [5, 5.41) is 20.6. The summed E-state index contributed by atoms with van der Waals surface area (Å²) in [7, 11) is 1.46. The molecule has 0 aliphatic rings. The van der Waals surface area contributed by atoms with E-state index < -0.39 is 12.3 Å². The van der Waals surface area contributed by atoms with E-state index in [1.165, 1.54) is 25.3 Å². The number of hydrogen-bond donors (Lipinski definition) is 3. The van der Waals surface area contributed by atoms with Gasteiger partial charge in [0, 0.05) is 30.5 Å². The molecule has 0 aromatic heterocycles. The average Bonchev–Trinajstić information content (AvgIpc) is 2.51. The fraction of sp³-hybridized carbons (Fsp3) is 0.250. The number of benzene rings is 1. The summed E-state index contributed by atoms with van der Waals surface area (Å²) in [5.74, 6) is -1.29. The number of phenols is 2. The number of methoxy groups -OCH3 is 1. The lowest BCUT2D eigenvalue weighted by atomic mass is 10.2. The maximum Gasteiger partial charge on any atom is 0.332 e. The van der Waals surface area contributed by atoms with Gasteiger partial charge in [-0.05, 0) is 26.0 Å². The Kier molecular flexibility index (Phi) is 8.80. The Morgan fingerprint density at radius 1 is 1.30 bits per heavy atom. The number of carbonyl (C=O) groups excluding carboxylic acids is 2. The Hall–Kier alpha value is -2.80. The molecule has 0 saturated carbocycles. The smallest absolute Gasteiger partial charge is 0.332 e. The molecule has 1 aromatic rings. The van der Waals surface area contributed by atoms with Crippen molar-refractivity contribution < 1.29 is 29.3 Å². The van der Waals surface area contributed by atoms with Gasteiger partial charge in [0.15, 0.2) is 17.8 Å². The lowest BCUT2D eigenvalue weighted by Crippen LogP contribution is -2.14. The Balaban J connectivity index is 0.000000468. The van der Waals surface area contributed by atoms with Crippen LogP contribution in [-0.4, -0.2) is 35.5 Å². The topological polar surface area (TPSA) is 105 Å². The van der Waals surface area contributed by atoms with Gasteiger partial charge < -0.3 is 25.0 Å². The molecule has 0 saturated heterocycles. The van der Waals surface area contributed by atoms with Gasteiger partial charge in [0.25, 0.3) is 5.91 Å². The first-order valence-corrected chi connectivity index (χ1v) is 6.56. The van der Waals surface area contributed by atoms with Gasteiger partial charge in [0.2, 0.25) is 0 Å². The SMILES string of the molecule is C=C(C)C(=O)Nc1ccc(O)c(O)c1.C=CC(=O)OC(C)OC. The Bertz CT molecular complexity index is 582. The number of amides is 1. The normalized spacial score (nSPS) is 10.6. The van der Waals surface area contributed by atoms with E-state index in [0.717, 1.165) is 6.08 Å². The second-order valence-electron chi connectivity index (χ2n) is 4.38. The molecule has 1 rings (SSSR count). The summed E-state index contributed by atoms with van der Waals surface area (Å²) in [5.41, 5.74) is 0.783. The molecule has 7 nitrogen and oxygen atoms in total. The Labute approximate surface area is 134 Å². The monoisotopic (exact) mass is 323 g/mol. The van der Waals surface area contributed by atoms with E-state index in [9.17, 15) is 9.59 Å².